The summed E-state index contributed by atoms with van der Waals surface area (Å²) >= 11 is 0. The number of hydrogen-bond donors (Lipinski definition) is 2. The molecule has 38 heavy (non-hydrogen) atoms. The number of carbonyl (C=O) groups excluding carboxylic acids is 2. The number of aryl methyl sites for hydroxylation is 1. The van der Waals surface area contributed by atoms with Crippen LogP contribution >= 0.6 is 0 Å². The third kappa shape index (κ3) is 5.61. The molecule has 0 radical (unpaired) electrons. The van der Waals surface area contributed by atoms with Crippen LogP contribution in [0.1, 0.15) is 44.9 Å². The van der Waals surface area contributed by atoms with Gasteiger partial charge in [0.15, 0.2) is 18.1 Å². The number of tetrazole rings is 1. The van der Waals surface area contributed by atoms with Gasteiger partial charge >= 0.3 is 0 Å². The number of nitrogens with zero attached hydrogens (tertiary/aromatic N) is 5. The second kappa shape index (κ2) is 11.8. The SMILES string of the molecule is CCOc1cc(C2C(C(=O)Nc3cccc(C)c3)=C(C)Nc3nnnn32)ccc1OCC(=O)N(CC)CC. The molecule has 1 aromatic heterocycles. The van der Waals surface area contributed by atoms with Crippen molar-refractivity contribution in [2.45, 2.75) is 40.7 Å². The van der Waals surface area contributed by atoms with Crippen molar-refractivity contribution in [3.05, 3.63) is 64.9 Å². The van der Waals surface area contributed by atoms with Crippen LogP contribution in [0.2, 0.25) is 0 Å². The molecule has 3 aromatic rings. The number of allylic oxidation sites excluding steroid dienone is 1. The maximum atomic E-state index is 13.6. The van der Waals surface area contributed by atoms with Crippen molar-refractivity contribution >= 4 is 23.5 Å². The van der Waals surface area contributed by atoms with Gasteiger partial charge < -0.3 is 25.0 Å². The highest BCUT2D eigenvalue weighted by Gasteiger charge is 2.34. The maximum Gasteiger partial charge on any atom is 0.260 e. The topological polar surface area (TPSA) is 124 Å². The first kappa shape index (κ1) is 26.6. The number of aromatic nitrogens is 4. The van der Waals surface area contributed by atoms with Gasteiger partial charge in [-0.3, -0.25) is 9.59 Å². The first-order valence-electron chi connectivity index (χ1n) is 12.7. The molecule has 0 saturated heterocycles. The molecule has 1 aliphatic rings. The second-order valence-electron chi connectivity index (χ2n) is 8.83. The van der Waals surface area contributed by atoms with E-state index in [-0.39, 0.29) is 18.4 Å². The van der Waals surface area contributed by atoms with Crippen molar-refractivity contribution in [3.8, 4) is 11.5 Å². The molecule has 1 atom stereocenters. The molecule has 0 saturated carbocycles. The summed E-state index contributed by atoms with van der Waals surface area (Å²) in [4.78, 5) is 27.8. The number of amides is 2. The lowest BCUT2D eigenvalue weighted by Crippen LogP contribution is -2.34. The molecule has 200 valence electrons. The van der Waals surface area contributed by atoms with E-state index in [0.717, 1.165) is 11.1 Å². The zero-order chi connectivity index (χ0) is 27.2. The molecule has 2 heterocycles. The largest absolute Gasteiger partial charge is 0.490 e. The van der Waals surface area contributed by atoms with Gasteiger partial charge in [0.05, 0.1) is 12.2 Å². The number of rotatable bonds is 10. The number of anilines is 2. The summed E-state index contributed by atoms with van der Waals surface area (Å²) in [6, 6.07) is 12.3. The summed E-state index contributed by atoms with van der Waals surface area (Å²) in [6.45, 7) is 11.0. The van der Waals surface area contributed by atoms with E-state index in [2.05, 4.69) is 26.2 Å². The van der Waals surface area contributed by atoms with Crippen LogP contribution in [-0.2, 0) is 9.59 Å². The van der Waals surface area contributed by atoms with Gasteiger partial charge in [0, 0.05) is 24.5 Å². The number of nitrogens with one attached hydrogen (secondary N) is 2. The number of benzene rings is 2. The average Bonchev–Trinajstić information content (AvgIpc) is 3.36. The lowest BCUT2D eigenvalue weighted by molar-refractivity contribution is -0.133. The molecular weight excluding hydrogens is 486 g/mol. The first-order chi connectivity index (χ1) is 18.4. The van der Waals surface area contributed by atoms with Crippen LogP contribution in [0.5, 0.6) is 11.5 Å². The predicted octanol–water partition coefficient (Wildman–Crippen LogP) is 3.56. The van der Waals surface area contributed by atoms with Crippen LogP contribution in [0.4, 0.5) is 11.6 Å². The summed E-state index contributed by atoms with van der Waals surface area (Å²) in [5, 5.41) is 18.1. The highest BCUT2D eigenvalue weighted by molar-refractivity contribution is 6.06. The first-order valence-corrected chi connectivity index (χ1v) is 12.7. The Morgan fingerprint density at radius 2 is 1.84 bits per heavy atom. The number of likely N-dealkylation sites (N-methyl/N-ethyl adjacent to an activating group) is 1. The lowest BCUT2D eigenvalue weighted by Gasteiger charge is -2.28. The smallest absolute Gasteiger partial charge is 0.260 e. The molecule has 11 nitrogen and oxygen atoms in total. The number of fused-ring (bicyclic) bond motifs is 1. The fraction of sp³-hybridized carbons (Fsp3) is 0.370. The Morgan fingerprint density at radius 3 is 2.55 bits per heavy atom. The van der Waals surface area contributed by atoms with Gasteiger partial charge in [-0.15, -0.1) is 0 Å². The van der Waals surface area contributed by atoms with E-state index in [1.807, 2.05) is 65.0 Å². The Hall–Kier alpha value is -4.41. The van der Waals surface area contributed by atoms with Gasteiger partial charge in [-0.1, -0.05) is 23.3 Å². The molecule has 2 amide bonds. The van der Waals surface area contributed by atoms with Gasteiger partial charge in [-0.05, 0) is 80.4 Å². The predicted molar refractivity (Wildman–Crippen MR) is 143 cm³/mol. The molecule has 4 rings (SSSR count). The number of carbonyl (C=O) groups is 2. The molecule has 11 heteroatoms. The van der Waals surface area contributed by atoms with Gasteiger partial charge in [0.2, 0.25) is 5.95 Å². The number of ether oxygens (including phenoxy) is 2. The van der Waals surface area contributed by atoms with Crippen LogP contribution in [0.3, 0.4) is 0 Å². The normalized spacial score (nSPS) is 14.4. The average molecular weight is 520 g/mol. The lowest BCUT2D eigenvalue weighted by atomic mass is 9.94. The minimum absolute atomic E-state index is 0.102. The standard InChI is InChI=1S/C27H33N7O4/c1-6-33(7-2)23(35)16-38-21-13-12-19(15-22(21)37-8-3)25-24(18(5)28-27-30-31-32-34(25)27)26(36)29-20-11-9-10-17(4)14-20/h9-15,25H,6-8,16H2,1-5H3,(H,29,36)(H,28,30,32). The third-order valence-corrected chi connectivity index (χ3v) is 6.29. The number of hydrogen-bond acceptors (Lipinski definition) is 8. The fourth-order valence-corrected chi connectivity index (χ4v) is 4.43. The van der Waals surface area contributed by atoms with Crippen LogP contribution in [-0.4, -0.2) is 63.2 Å². The van der Waals surface area contributed by atoms with Crippen LogP contribution < -0.4 is 20.1 Å². The van der Waals surface area contributed by atoms with Crippen molar-refractivity contribution in [1.29, 1.82) is 0 Å². The second-order valence-corrected chi connectivity index (χ2v) is 8.83. The summed E-state index contributed by atoms with van der Waals surface area (Å²) in [7, 11) is 0. The Labute approximate surface area is 221 Å². The van der Waals surface area contributed by atoms with Gasteiger partial charge in [0.1, 0.15) is 6.04 Å². The summed E-state index contributed by atoms with van der Waals surface area (Å²) in [5.41, 5.74) is 3.53. The Balaban J connectivity index is 1.68. The Bertz CT molecular complexity index is 1350. The van der Waals surface area contributed by atoms with Crippen molar-refractivity contribution < 1.29 is 19.1 Å². The minimum atomic E-state index is -0.628. The van der Waals surface area contributed by atoms with E-state index in [4.69, 9.17) is 9.47 Å². The highest BCUT2D eigenvalue weighted by atomic mass is 16.5. The molecule has 1 unspecified atom stereocenters. The zero-order valence-corrected chi connectivity index (χ0v) is 22.3. The van der Waals surface area contributed by atoms with E-state index in [9.17, 15) is 9.59 Å². The van der Waals surface area contributed by atoms with Crippen molar-refractivity contribution in [3.63, 3.8) is 0 Å². The van der Waals surface area contributed by atoms with Gasteiger partial charge in [0.25, 0.3) is 11.8 Å². The molecule has 0 aliphatic carbocycles. The van der Waals surface area contributed by atoms with Crippen molar-refractivity contribution in [1.82, 2.24) is 25.1 Å². The third-order valence-electron chi connectivity index (χ3n) is 6.29. The van der Waals surface area contributed by atoms with Crippen LogP contribution in [0.25, 0.3) is 0 Å². The highest BCUT2D eigenvalue weighted by Crippen LogP contribution is 2.38. The monoisotopic (exact) mass is 519 g/mol. The molecule has 0 spiro atoms. The fourth-order valence-electron chi connectivity index (χ4n) is 4.43. The Kier molecular flexibility index (Phi) is 8.25. The van der Waals surface area contributed by atoms with Gasteiger partial charge in [-0.2, -0.15) is 4.68 Å². The van der Waals surface area contributed by atoms with Crippen LogP contribution in [0, 0.1) is 6.92 Å². The van der Waals surface area contributed by atoms with Crippen molar-refractivity contribution in [2.75, 3.05) is 36.9 Å². The van der Waals surface area contributed by atoms with E-state index >= 15 is 0 Å². The Morgan fingerprint density at radius 1 is 1.05 bits per heavy atom. The molecule has 0 bridgehead atoms. The van der Waals surface area contributed by atoms with Crippen LogP contribution in [0.15, 0.2) is 53.7 Å². The molecule has 1 aliphatic heterocycles. The minimum Gasteiger partial charge on any atom is -0.490 e. The molecule has 2 N–H and O–H groups in total. The van der Waals surface area contributed by atoms with E-state index in [1.165, 1.54) is 0 Å². The quantitative estimate of drug-likeness (QED) is 0.417. The van der Waals surface area contributed by atoms with Gasteiger partial charge in [-0.25, -0.2) is 0 Å². The molecular formula is C27H33N7O4. The summed E-state index contributed by atoms with van der Waals surface area (Å²) in [5.74, 6) is 0.930. The van der Waals surface area contributed by atoms with E-state index < -0.39 is 6.04 Å². The molecule has 0 fully saturated rings. The van der Waals surface area contributed by atoms with E-state index in [0.29, 0.717) is 54.1 Å². The molecule has 2 aromatic carbocycles. The zero-order valence-electron chi connectivity index (χ0n) is 22.3. The van der Waals surface area contributed by atoms with E-state index in [1.54, 1.807) is 21.7 Å². The summed E-state index contributed by atoms with van der Waals surface area (Å²) in [6.07, 6.45) is 0. The summed E-state index contributed by atoms with van der Waals surface area (Å²) < 4.78 is 13.3. The van der Waals surface area contributed by atoms with Crippen molar-refractivity contribution in [2.24, 2.45) is 0 Å². The maximum absolute atomic E-state index is 13.6.